The average molecular weight is 365 g/mol. The summed E-state index contributed by atoms with van der Waals surface area (Å²) in [5.74, 6) is -0.668. The molecule has 0 radical (unpaired) electrons. The number of hydrogen-bond acceptors (Lipinski definition) is 4. The van der Waals surface area contributed by atoms with E-state index in [1.165, 1.54) is 12.1 Å². The molecule has 8 heteroatoms. The summed E-state index contributed by atoms with van der Waals surface area (Å²) in [7, 11) is -3.20. The van der Waals surface area contributed by atoms with Gasteiger partial charge in [0.25, 0.3) is 0 Å². The van der Waals surface area contributed by atoms with E-state index >= 15 is 0 Å². The molecule has 0 spiro atoms. The number of amides is 1. The minimum absolute atomic E-state index is 0.0411. The molecule has 2 heterocycles. The van der Waals surface area contributed by atoms with E-state index in [1.54, 1.807) is 34.1 Å². The molecular weight excluding hydrogens is 345 g/mol. The summed E-state index contributed by atoms with van der Waals surface area (Å²) in [5.41, 5.74) is 1.42. The van der Waals surface area contributed by atoms with Crippen molar-refractivity contribution >= 4 is 15.7 Å². The molecule has 0 aliphatic carbocycles. The lowest BCUT2D eigenvalue weighted by molar-refractivity contribution is -0.132. The minimum Gasteiger partial charge on any atom is -0.333 e. The summed E-state index contributed by atoms with van der Waals surface area (Å²) in [6.07, 6.45) is 3.51. The maximum Gasteiger partial charge on any atom is 0.227 e. The van der Waals surface area contributed by atoms with Gasteiger partial charge in [-0.1, -0.05) is 12.1 Å². The summed E-state index contributed by atoms with van der Waals surface area (Å²) < 4.78 is 38.9. The van der Waals surface area contributed by atoms with Crippen LogP contribution in [0.3, 0.4) is 0 Å². The SMILES string of the molecule is CCn1cc([C@H]2CS(=O)(=O)CCN2C(=O)Cc2ccc(F)cc2)cn1. The van der Waals surface area contributed by atoms with Gasteiger partial charge in [0.1, 0.15) is 5.82 Å². The first-order valence-electron chi connectivity index (χ1n) is 8.14. The van der Waals surface area contributed by atoms with E-state index in [9.17, 15) is 17.6 Å². The fraction of sp³-hybridized carbons (Fsp3) is 0.412. The highest BCUT2D eigenvalue weighted by molar-refractivity contribution is 7.91. The smallest absolute Gasteiger partial charge is 0.227 e. The van der Waals surface area contributed by atoms with Gasteiger partial charge in [-0.25, -0.2) is 12.8 Å². The first-order valence-corrected chi connectivity index (χ1v) is 9.97. The monoisotopic (exact) mass is 365 g/mol. The number of hydrogen-bond donors (Lipinski definition) is 0. The van der Waals surface area contributed by atoms with Gasteiger partial charge in [-0.05, 0) is 24.6 Å². The first kappa shape index (κ1) is 17.6. The van der Waals surface area contributed by atoms with E-state index in [2.05, 4.69) is 5.10 Å². The number of sulfone groups is 1. The summed E-state index contributed by atoms with van der Waals surface area (Å²) in [5, 5.41) is 4.19. The second-order valence-electron chi connectivity index (χ2n) is 6.15. The molecule has 25 heavy (non-hydrogen) atoms. The molecule has 1 atom stereocenters. The molecule has 1 aromatic carbocycles. The van der Waals surface area contributed by atoms with Crippen LogP contribution in [0.25, 0.3) is 0 Å². The van der Waals surface area contributed by atoms with Crippen LogP contribution in [-0.2, 0) is 27.6 Å². The maximum atomic E-state index is 13.0. The number of benzene rings is 1. The molecule has 1 fully saturated rings. The Labute approximate surface area is 146 Å². The molecule has 6 nitrogen and oxygen atoms in total. The molecule has 0 bridgehead atoms. The molecule has 3 rings (SSSR count). The second kappa shape index (κ2) is 6.95. The third-order valence-electron chi connectivity index (χ3n) is 4.38. The fourth-order valence-corrected chi connectivity index (χ4v) is 4.48. The maximum absolute atomic E-state index is 13.0. The summed E-state index contributed by atoms with van der Waals surface area (Å²) in [4.78, 5) is 14.3. The van der Waals surface area contributed by atoms with Crippen molar-refractivity contribution in [2.24, 2.45) is 0 Å². The third kappa shape index (κ3) is 4.07. The molecule has 2 aromatic rings. The Morgan fingerprint density at radius 2 is 2.04 bits per heavy atom. The number of aromatic nitrogens is 2. The number of aryl methyl sites for hydroxylation is 1. The Balaban J connectivity index is 1.83. The lowest BCUT2D eigenvalue weighted by Gasteiger charge is -2.35. The molecule has 1 saturated heterocycles. The van der Waals surface area contributed by atoms with E-state index in [4.69, 9.17) is 0 Å². The quantitative estimate of drug-likeness (QED) is 0.825. The van der Waals surface area contributed by atoms with Crippen molar-refractivity contribution in [2.75, 3.05) is 18.1 Å². The van der Waals surface area contributed by atoms with Crippen LogP contribution in [0.2, 0.25) is 0 Å². The Morgan fingerprint density at radius 3 is 2.68 bits per heavy atom. The van der Waals surface area contributed by atoms with Crippen molar-refractivity contribution in [2.45, 2.75) is 25.9 Å². The standard InChI is InChI=1S/C17H20FN3O3S/c1-2-20-11-14(10-19-20)16-12-25(23,24)8-7-21(16)17(22)9-13-3-5-15(18)6-4-13/h3-6,10-11,16H,2,7-9,12H2,1H3/t16-/m1/s1. The Hall–Kier alpha value is -2.22. The van der Waals surface area contributed by atoms with E-state index in [1.807, 2.05) is 6.92 Å². The van der Waals surface area contributed by atoms with Crippen molar-refractivity contribution in [3.8, 4) is 0 Å². The van der Waals surface area contributed by atoms with Gasteiger partial charge in [0.2, 0.25) is 5.91 Å². The predicted octanol–water partition coefficient (Wildman–Crippen LogP) is 1.58. The van der Waals surface area contributed by atoms with Gasteiger partial charge in [0, 0.05) is 24.8 Å². The van der Waals surface area contributed by atoms with Crippen LogP contribution in [0.4, 0.5) is 4.39 Å². The number of nitrogens with zero attached hydrogens (tertiary/aromatic N) is 3. The minimum atomic E-state index is -3.20. The Kier molecular flexibility index (Phi) is 4.89. The van der Waals surface area contributed by atoms with Crippen molar-refractivity contribution in [3.05, 3.63) is 53.6 Å². The molecule has 0 N–H and O–H groups in total. The van der Waals surface area contributed by atoms with Gasteiger partial charge in [-0.2, -0.15) is 5.10 Å². The van der Waals surface area contributed by atoms with Gasteiger partial charge >= 0.3 is 0 Å². The van der Waals surface area contributed by atoms with E-state index in [0.717, 1.165) is 5.56 Å². The van der Waals surface area contributed by atoms with Crippen LogP contribution < -0.4 is 0 Å². The van der Waals surface area contributed by atoms with Crippen LogP contribution in [0.15, 0.2) is 36.7 Å². The van der Waals surface area contributed by atoms with Crippen LogP contribution in [0, 0.1) is 5.82 Å². The van der Waals surface area contributed by atoms with Crippen LogP contribution in [-0.4, -0.2) is 47.1 Å². The number of halogens is 1. The van der Waals surface area contributed by atoms with Crippen molar-refractivity contribution in [3.63, 3.8) is 0 Å². The Morgan fingerprint density at radius 1 is 1.32 bits per heavy atom. The zero-order valence-electron chi connectivity index (χ0n) is 13.9. The molecular formula is C17H20FN3O3S. The van der Waals surface area contributed by atoms with Gasteiger partial charge in [0.05, 0.1) is 30.2 Å². The fourth-order valence-electron chi connectivity index (χ4n) is 2.98. The van der Waals surface area contributed by atoms with Crippen LogP contribution in [0.5, 0.6) is 0 Å². The zero-order valence-corrected chi connectivity index (χ0v) is 14.7. The average Bonchev–Trinajstić information content (AvgIpc) is 3.05. The van der Waals surface area contributed by atoms with Crippen LogP contribution in [0.1, 0.15) is 24.1 Å². The molecule has 1 aliphatic rings. The number of carbonyl (C=O) groups is 1. The largest absolute Gasteiger partial charge is 0.333 e. The highest BCUT2D eigenvalue weighted by Gasteiger charge is 2.35. The Bertz CT molecular complexity index is 862. The molecule has 1 amide bonds. The molecule has 0 unspecified atom stereocenters. The van der Waals surface area contributed by atoms with Crippen molar-refractivity contribution < 1.29 is 17.6 Å². The van der Waals surface area contributed by atoms with E-state index in [0.29, 0.717) is 12.1 Å². The van der Waals surface area contributed by atoms with Gasteiger partial charge in [-0.15, -0.1) is 0 Å². The summed E-state index contributed by atoms with van der Waals surface area (Å²) >= 11 is 0. The lowest BCUT2D eigenvalue weighted by atomic mass is 10.1. The topological polar surface area (TPSA) is 72.3 Å². The van der Waals surface area contributed by atoms with Crippen molar-refractivity contribution in [1.29, 1.82) is 0 Å². The first-order chi connectivity index (χ1) is 11.9. The van der Waals surface area contributed by atoms with Gasteiger partial charge < -0.3 is 4.90 Å². The number of carbonyl (C=O) groups excluding carboxylic acids is 1. The van der Waals surface area contributed by atoms with Crippen LogP contribution >= 0.6 is 0 Å². The summed E-state index contributed by atoms with van der Waals surface area (Å²) in [6.45, 7) is 2.76. The van der Waals surface area contributed by atoms with E-state index in [-0.39, 0.29) is 36.2 Å². The second-order valence-corrected chi connectivity index (χ2v) is 8.38. The van der Waals surface area contributed by atoms with Crippen molar-refractivity contribution in [1.82, 2.24) is 14.7 Å². The third-order valence-corrected chi connectivity index (χ3v) is 6.01. The molecule has 0 saturated carbocycles. The highest BCUT2D eigenvalue weighted by Crippen LogP contribution is 2.27. The lowest BCUT2D eigenvalue weighted by Crippen LogP contribution is -2.46. The van der Waals surface area contributed by atoms with E-state index < -0.39 is 15.9 Å². The normalized spacial score (nSPS) is 19.8. The zero-order chi connectivity index (χ0) is 18.0. The molecule has 134 valence electrons. The van der Waals surface area contributed by atoms with Gasteiger partial charge in [0.15, 0.2) is 9.84 Å². The molecule has 1 aromatic heterocycles. The highest BCUT2D eigenvalue weighted by atomic mass is 32.2. The predicted molar refractivity (Wildman–Crippen MR) is 91.1 cm³/mol. The molecule has 1 aliphatic heterocycles. The van der Waals surface area contributed by atoms with Gasteiger partial charge in [-0.3, -0.25) is 9.48 Å². The summed E-state index contributed by atoms with van der Waals surface area (Å²) in [6, 6.07) is 5.22. The number of rotatable bonds is 4.